The number of nitrogens with one attached hydrogen (secondary N) is 1. The smallest absolute Gasteiger partial charge is 0.341 e. The van der Waals surface area contributed by atoms with Crippen molar-refractivity contribution < 1.29 is 14.7 Å². The van der Waals surface area contributed by atoms with E-state index in [0.29, 0.717) is 23.4 Å². The van der Waals surface area contributed by atoms with Crippen LogP contribution < -0.4 is 0 Å². The van der Waals surface area contributed by atoms with Gasteiger partial charge in [0.05, 0.1) is 35.6 Å². The van der Waals surface area contributed by atoms with Crippen LogP contribution in [0.3, 0.4) is 0 Å². The first-order valence-corrected chi connectivity index (χ1v) is 9.80. The lowest BCUT2D eigenvalue weighted by Crippen LogP contribution is -2.24. The van der Waals surface area contributed by atoms with Crippen molar-refractivity contribution in [3.8, 4) is 17.2 Å². The maximum Gasteiger partial charge on any atom is 0.341 e. The molecule has 0 amide bonds. The van der Waals surface area contributed by atoms with Crippen LogP contribution in [0.5, 0.6) is 0 Å². The van der Waals surface area contributed by atoms with Crippen LogP contribution in [-0.2, 0) is 11.3 Å². The molecular weight excluding hydrogens is 394 g/mol. The summed E-state index contributed by atoms with van der Waals surface area (Å²) in [5, 5.41) is 27.8. The number of hydrogen-bond acceptors (Lipinski definition) is 6. The number of aromatic nitrogens is 3. The highest BCUT2D eigenvalue weighted by Crippen LogP contribution is 2.34. The molecule has 0 bridgehead atoms. The summed E-state index contributed by atoms with van der Waals surface area (Å²) in [5.41, 5.74) is 4.94. The number of hydrogen-bond donors (Lipinski definition) is 2. The Balaban J connectivity index is 2.13. The van der Waals surface area contributed by atoms with E-state index in [1.807, 2.05) is 51.3 Å². The average molecular weight is 419 g/mol. The van der Waals surface area contributed by atoms with Crippen LogP contribution in [0.4, 0.5) is 0 Å². The number of carbonyl (C=O) groups excluding carboxylic acids is 1. The fraction of sp³-hybridized carbons (Fsp3) is 0.304. The largest absolute Gasteiger partial charge is 0.456 e. The summed E-state index contributed by atoms with van der Waals surface area (Å²) in [6, 6.07) is 11.0. The van der Waals surface area contributed by atoms with Gasteiger partial charge in [0.15, 0.2) is 0 Å². The lowest BCUT2D eigenvalue weighted by Gasteiger charge is -2.20. The van der Waals surface area contributed by atoms with E-state index < -0.39 is 11.6 Å². The van der Waals surface area contributed by atoms with Gasteiger partial charge in [-0.25, -0.2) is 4.79 Å². The second kappa shape index (κ2) is 8.48. The molecule has 0 aliphatic rings. The predicted molar refractivity (Wildman–Crippen MR) is 116 cm³/mol. The topological polar surface area (TPSA) is 116 Å². The zero-order chi connectivity index (χ0) is 22.8. The third kappa shape index (κ3) is 4.67. The Morgan fingerprint density at radius 1 is 1.29 bits per heavy atom. The molecule has 0 saturated heterocycles. The van der Waals surface area contributed by atoms with Crippen LogP contribution in [0.15, 0.2) is 35.5 Å². The molecule has 8 heteroatoms. The van der Waals surface area contributed by atoms with Crippen molar-refractivity contribution in [3.63, 3.8) is 0 Å². The molecule has 0 aliphatic heterocycles. The molecule has 0 fully saturated rings. The Hall–Kier alpha value is -3.86. The molecule has 1 aromatic carbocycles. The van der Waals surface area contributed by atoms with Crippen LogP contribution in [0.1, 0.15) is 59.5 Å². The SMILES string of the molecule is Cc1c(C(=O)OC(C)(C)C)c(-c2ccc(C#N)cc2)c(C)n1Cc1cc(C=NO)n[nH]1. The molecular formula is C23H25N5O3. The third-order valence-corrected chi connectivity index (χ3v) is 4.86. The summed E-state index contributed by atoms with van der Waals surface area (Å²) in [4.78, 5) is 13.2. The van der Waals surface area contributed by atoms with Gasteiger partial charge in [0.25, 0.3) is 0 Å². The quantitative estimate of drug-likeness (QED) is 0.278. The fourth-order valence-corrected chi connectivity index (χ4v) is 3.52. The van der Waals surface area contributed by atoms with E-state index in [9.17, 15) is 4.79 Å². The van der Waals surface area contributed by atoms with Crippen LogP contribution in [-0.4, -0.2) is 37.8 Å². The first-order chi connectivity index (χ1) is 14.6. The van der Waals surface area contributed by atoms with Crippen molar-refractivity contribution in [3.05, 3.63) is 64.2 Å². The lowest BCUT2D eigenvalue weighted by molar-refractivity contribution is 0.00695. The lowest BCUT2D eigenvalue weighted by atomic mass is 9.99. The van der Waals surface area contributed by atoms with Gasteiger partial charge in [-0.3, -0.25) is 5.10 Å². The van der Waals surface area contributed by atoms with Gasteiger partial charge < -0.3 is 14.5 Å². The summed E-state index contributed by atoms with van der Waals surface area (Å²) in [6.07, 6.45) is 1.24. The highest BCUT2D eigenvalue weighted by molar-refractivity contribution is 6.00. The number of esters is 1. The highest BCUT2D eigenvalue weighted by Gasteiger charge is 2.28. The molecule has 0 spiro atoms. The molecule has 2 heterocycles. The van der Waals surface area contributed by atoms with Crippen LogP contribution in [0.25, 0.3) is 11.1 Å². The molecule has 0 aliphatic carbocycles. The van der Waals surface area contributed by atoms with Crippen molar-refractivity contribution in [1.29, 1.82) is 5.26 Å². The van der Waals surface area contributed by atoms with E-state index in [1.165, 1.54) is 6.21 Å². The first-order valence-electron chi connectivity index (χ1n) is 9.80. The van der Waals surface area contributed by atoms with Crippen molar-refractivity contribution in [2.75, 3.05) is 0 Å². The number of nitrogens with zero attached hydrogens (tertiary/aromatic N) is 4. The zero-order valence-corrected chi connectivity index (χ0v) is 18.2. The third-order valence-electron chi connectivity index (χ3n) is 4.86. The van der Waals surface area contributed by atoms with Crippen molar-refractivity contribution >= 4 is 12.2 Å². The van der Waals surface area contributed by atoms with Crippen molar-refractivity contribution in [2.45, 2.75) is 46.8 Å². The van der Waals surface area contributed by atoms with E-state index in [4.69, 9.17) is 15.2 Å². The van der Waals surface area contributed by atoms with E-state index in [0.717, 1.165) is 28.2 Å². The Morgan fingerprint density at radius 3 is 2.55 bits per heavy atom. The van der Waals surface area contributed by atoms with Gasteiger partial charge in [-0.15, -0.1) is 0 Å². The first kappa shape index (κ1) is 21.8. The molecule has 3 aromatic rings. The van der Waals surface area contributed by atoms with Gasteiger partial charge in [0, 0.05) is 17.0 Å². The summed E-state index contributed by atoms with van der Waals surface area (Å²) < 4.78 is 7.71. The summed E-state index contributed by atoms with van der Waals surface area (Å²) in [6.45, 7) is 9.77. The molecule has 2 aromatic heterocycles. The van der Waals surface area contributed by atoms with E-state index in [-0.39, 0.29) is 0 Å². The van der Waals surface area contributed by atoms with Gasteiger partial charge in [-0.05, 0) is 58.4 Å². The van der Waals surface area contributed by atoms with Crippen LogP contribution >= 0.6 is 0 Å². The minimum Gasteiger partial charge on any atom is -0.456 e. The monoisotopic (exact) mass is 419 g/mol. The van der Waals surface area contributed by atoms with Gasteiger partial charge in [-0.2, -0.15) is 10.4 Å². The Morgan fingerprint density at radius 2 is 1.97 bits per heavy atom. The van der Waals surface area contributed by atoms with Crippen molar-refractivity contribution in [2.24, 2.45) is 5.16 Å². The number of H-pyrrole nitrogens is 1. The van der Waals surface area contributed by atoms with Crippen molar-refractivity contribution in [1.82, 2.24) is 14.8 Å². The minimum atomic E-state index is -0.636. The number of oxime groups is 1. The summed E-state index contributed by atoms with van der Waals surface area (Å²) >= 11 is 0. The second-order valence-corrected chi connectivity index (χ2v) is 8.26. The number of ether oxygens (including phenoxy) is 1. The van der Waals surface area contributed by atoms with E-state index in [2.05, 4.69) is 21.4 Å². The molecule has 0 unspecified atom stereocenters. The summed E-state index contributed by atoms with van der Waals surface area (Å²) in [7, 11) is 0. The van der Waals surface area contributed by atoms with Crippen LogP contribution in [0.2, 0.25) is 0 Å². The minimum absolute atomic E-state index is 0.399. The number of rotatable bonds is 5. The average Bonchev–Trinajstić information content (AvgIpc) is 3.24. The van der Waals surface area contributed by atoms with Gasteiger partial charge in [-0.1, -0.05) is 17.3 Å². The Kier molecular flexibility index (Phi) is 5.97. The van der Waals surface area contributed by atoms with Crippen LogP contribution in [0, 0.1) is 25.2 Å². The molecule has 0 atom stereocenters. The molecule has 2 N–H and O–H groups in total. The Labute approximate surface area is 180 Å². The maximum absolute atomic E-state index is 13.2. The normalized spacial score (nSPS) is 11.6. The molecule has 31 heavy (non-hydrogen) atoms. The zero-order valence-electron chi connectivity index (χ0n) is 18.2. The predicted octanol–water partition coefficient (Wildman–Crippen LogP) is 4.18. The number of benzene rings is 1. The molecule has 160 valence electrons. The highest BCUT2D eigenvalue weighted by atomic mass is 16.6. The van der Waals surface area contributed by atoms with Gasteiger partial charge in [0.1, 0.15) is 11.3 Å². The van der Waals surface area contributed by atoms with Gasteiger partial charge >= 0.3 is 5.97 Å². The maximum atomic E-state index is 13.2. The number of aromatic amines is 1. The molecule has 3 rings (SSSR count). The van der Waals surface area contributed by atoms with Gasteiger partial charge in [0.2, 0.25) is 0 Å². The summed E-state index contributed by atoms with van der Waals surface area (Å²) in [5.74, 6) is -0.399. The second-order valence-electron chi connectivity index (χ2n) is 8.26. The van der Waals surface area contributed by atoms with E-state index >= 15 is 0 Å². The molecule has 8 nitrogen and oxygen atoms in total. The van der Waals surface area contributed by atoms with E-state index in [1.54, 1.807) is 18.2 Å². The number of carbonyl (C=O) groups is 1. The molecule has 0 radical (unpaired) electrons. The Bertz CT molecular complexity index is 1170. The number of nitriles is 1. The molecule has 0 saturated carbocycles. The standard InChI is InChI=1S/C23H25N5O3/c1-14-20(17-8-6-16(11-24)7-9-17)21(22(29)31-23(3,4)5)15(2)28(14)13-19-10-18(12-25-30)26-27-19/h6-10,12,30H,13H2,1-5H3,(H,26,27). The fourth-order valence-electron chi connectivity index (χ4n) is 3.52.